The Bertz CT molecular complexity index is 461. The molecule has 21 heavy (non-hydrogen) atoms. The summed E-state index contributed by atoms with van der Waals surface area (Å²) in [6, 6.07) is 4.71. The fourth-order valence-corrected chi connectivity index (χ4v) is 1.84. The molecule has 0 bridgehead atoms. The summed E-state index contributed by atoms with van der Waals surface area (Å²) >= 11 is 0. The van der Waals surface area contributed by atoms with Gasteiger partial charge >= 0.3 is 0 Å². The smallest absolute Gasteiger partial charge is 0.191 e. The predicted molar refractivity (Wildman–Crippen MR) is 84.6 cm³/mol. The Balaban J connectivity index is 2.64. The van der Waals surface area contributed by atoms with Crippen LogP contribution in [0.25, 0.3) is 0 Å². The van der Waals surface area contributed by atoms with Crippen molar-refractivity contribution in [1.82, 2.24) is 10.6 Å². The topological polar surface area (TPSA) is 56.7 Å². The second kappa shape index (κ2) is 9.34. The Morgan fingerprint density at radius 3 is 2.71 bits per heavy atom. The molecule has 1 rings (SSSR count). The van der Waals surface area contributed by atoms with E-state index >= 15 is 0 Å². The lowest BCUT2D eigenvalue weighted by atomic mass is 10.1. The summed E-state index contributed by atoms with van der Waals surface area (Å²) in [5.74, 6) is 1.02. The van der Waals surface area contributed by atoms with Crippen molar-refractivity contribution in [3.8, 4) is 0 Å². The van der Waals surface area contributed by atoms with Crippen LogP contribution in [0.15, 0.2) is 23.2 Å². The van der Waals surface area contributed by atoms with Crippen LogP contribution in [0.4, 0.5) is 4.39 Å². The molecule has 0 fully saturated rings. The van der Waals surface area contributed by atoms with Gasteiger partial charge in [-0.25, -0.2) is 9.38 Å². The van der Waals surface area contributed by atoms with Crippen LogP contribution in [0.2, 0.25) is 0 Å². The molecule has 0 unspecified atom stereocenters. The Morgan fingerprint density at radius 1 is 1.33 bits per heavy atom. The van der Waals surface area contributed by atoms with E-state index in [2.05, 4.69) is 29.5 Å². The van der Waals surface area contributed by atoms with Gasteiger partial charge in [-0.3, -0.25) is 0 Å². The average Bonchev–Trinajstić information content (AvgIpc) is 2.45. The van der Waals surface area contributed by atoms with Gasteiger partial charge in [0.05, 0.1) is 13.2 Å². The standard InChI is InChI=1S/C16H26FN3O/c1-4-18-16(19-8-7-12(2)3)20-10-13-5-6-15(17)14(9-13)11-21/h5-6,9,12,21H,4,7-8,10-11H2,1-3H3,(H2,18,19,20). The van der Waals surface area contributed by atoms with Crippen molar-refractivity contribution in [3.63, 3.8) is 0 Å². The number of rotatable bonds is 7. The quantitative estimate of drug-likeness (QED) is 0.535. The number of nitrogens with zero attached hydrogens (tertiary/aromatic N) is 1. The summed E-state index contributed by atoms with van der Waals surface area (Å²) in [6.07, 6.45) is 1.08. The van der Waals surface area contributed by atoms with Gasteiger partial charge in [0.1, 0.15) is 5.82 Å². The van der Waals surface area contributed by atoms with E-state index in [4.69, 9.17) is 5.11 Å². The van der Waals surface area contributed by atoms with E-state index in [-0.39, 0.29) is 12.4 Å². The van der Waals surface area contributed by atoms with E-state index in [1.54, 1.807) is 12.1 Å². The van der Waals surface area contributed by atoms with Crippen molar-refractivity contribution < 1.29 is 9.50 Å². The van der Waals surface area contributed by atoms with Gasteiger partial charge in [0.15, 0.2) is 5.96 Å². The Hall–Kier alpha value is -1.62. The highest BCUT2D eigenvalue weighted by molar-refractivity contribution is 5.79. The molecular weight excluding hydrogens is 269 g/mol. The first-order valence-electron chi connectivity index (χ1n) is 7.47. The number of halogens is 1. The third kappa shape index (κ3) is 6.58. The molecule has 0 aliphatic rings. The van der Waals surface area contributed by atoms with Gasteiger partial charge in [-0.15, -0.1) is 0 Å². The SMILES string of the molecule is CCNC(=NCc1ccc(F)c(CO)c1)NCCC(C)C. The molecule has 4 nitrogen and oxygen atoms in total. The molecule has 0 atom stereocenters. The van der Waals surface area contributed by atoms with Crippen molar-refractivity contribution in [2.75, 3.05) is 13.1 Å². The Morgan fingerprint density at radius 2 is 2.10 bits per heavy atom. The highest BCUT2D eigenvalue weighted by Gasteiger charge is 2.03. The summed E-state index contributed by atoms with van der Waals surface area (Å²) < 4.78 is 13.3. The number of guanidine groups is 1. The second-order valence-electron chi connectivity index (χ2n) is 5.39. The molecule has 0 aliphatic carbocycles. The number of aliphatic imine (C=N–C) groups is 1. The van der Waals surface area contributed by atoms with Gasteiger partial charge in [-0.1, -0.05) is 19.9 Å². The molecule has 5 heteroatoms. The number of nitrogens with one attached hydrogen (secondary N) is 2. The lowest BCUT2D eigenvalue weighted by Crippen LogP contribution is -2.38. The maximum Gasteiger partial charge on any atom is 0.191 e. The largest absolute Gasteiger partial charge is 0.392 e. The lowest BCUT2D eigenvalue weighted by Gasteiger charge is -2.12. The number of benzene rings is 1. The molecule has 0 spiro atoms. The Labute approximate surface area is 126 Å². The molecule has 0 saturated carbocycles. The van der Waals surface area contributed by atoms with Crippen LogP contribution in [0.5, 0.6) is 0 Å². The summed E-state index contributed by atoms with van der Waals surface area (Å²) in [7, 11) is 0. The number of hydrogen-bond acceptors (Lipinski definition) is 2. The molecule has 0 amide bonds. The van der Waals surface area contributed by atoms with Gasteiger partial charge in [-0.2, -0.15) is 0 Å². The highest BCUT2D eigenvalue weighted by Crippen LogP contribution is 2.11. The number of aliphatic hydroxyl groups excluding tert-OH is 1. The molecule has 0 aliphatic heterocycles. The van der Waals surface area contributed by atoms with Crippen molar-refractivity contribution in [2.45, 2.75) is 40.3 Å². The maximum absolute atomic E-state index is 13.3. The summed E-state index contributed by atoms with van der Waals surface area (Å²) in [6.45, 7) is 8.19. The zero-order valence-corrected chi connectivity index (χ0v) is 13.1. The normalized spacial score (nSPS) is 11.8. The van der Waals surface area contributed by atoms with E-state index in [0.29, 0.717) is 18.0 Å². The zero-order chi connectivity index (χ0) is 15.7. The van der Waals surface area contributed by atoms with Crippen LogP contribution in [-0.2, 0) is 13.2 Å². The van der Waals surface area contributed by atoms with Crippen LogP contribution in [0.3, 0.4) is 0 Å². The predicted octanol–water partition coefficient (Wildman–Crippen LogP) is 2.42. The van der Waals surface area contributed by atoms with Crippen molar-refractivity contribution in [1.29, 1.82) is 0 Å². The first-order valence-corrected chi connectivity index (χ1v) is 7.47. The van der Waals surface area contributed by atoms with E-state index < -0.39 is 0 Å². The van der Waals surface area contributed by atoms with Crippen molar-refractivity contribution in [3.05, 3.63) is 35.1 Å². The average molecular weight is 295 g/mol. The van der Waals surface area contributed by atoms with E-state index in [1.165, 1.54) is 6.07 Å². The van der Waals surface area contributed by atoms with Crippen LogP contribution >= 0.6 is 0 Å². The highest BCUT2D eigenvalue weighted by atomic mass is 19.1. The molecule has 0 radical (unpaired) electrons. The van der Waals surface area contributed by atoms with Crippen LogP contribution in [0, 0.1) is 11.7 Å². The van der Waals surface area contributed by atoms with E-state index in [0.717, 1.165) is 31.0 Å². The van der Waals surface area contributed by atoms with E-state index in [9.17, 15) is 4.39 Å². The zero-order valence-electron chi connectivity index (χ0n) is 13.1. The van der Waals surface area contributed by atoms with Gasteiger partial charge in [0.2, 0.25) is 0 Å². The fourth-order valence-electron chi connectivity index (χ4n) is 1.84. The summed E-state index contributed by atoms with van der Waals surface area (Å²) in [5.41, 5.74) is 1.18. The van der Waals surface area contributed by atoms with Crippen LogP contribution in [-0.4, -0.2) is 24.2 Å². The van der Waals surface area contributed by atoms with Crippen LogP contribution < -0.4 is 10.6 Å². The second-order valence-corrected chi connectivity index (χ2v) is 5.39. The number of hydrogen-bond donors (Lipinski definition) is 3. The van der Waals surface area contributed by atoms with E-state index in [1.807, 2.05) is 6.92 Å². The Kier molecular flexibility index (Phi) is 7.75. The van der Waals surface area contributed by atoms with Crippen molar-refractivity contribution in [2.24, 2.45) is 10.9 Å². The molecular formula is C16H26FN3O. The van der Waals surface area contributed by atoms with Crippen molar-refractivity contribution >= 4 is 5.96 Å². The molecule has 0 saturated heterocycles. The molecule has 0 aromatic heterocycles. The molecule has 0 heterocycles. The molecule has 118 valence electrons. The third-order valence-electron chi connectivity index (χ3n) is 3.06. The number of aliphatic hydroxyl groups is 1. The van der Waals surface area contributed by atoms with Gasteiger partial charge < -0.3 is 15.7 Å². The minimum absolute atomic E-state index is 0.296. The van der Waals surface area contributed by atoms with Gasteiger partial charge in [0, 0.05) is 18.7 Å². The molecule has 1 aromatic carbocycles. The minimum atomic E-state index is -0.382. The summed E-state index contributed by atoms with van der Waals surface area (Å²) in [5, 5.41) is 15.5. The lowest BCUT2D eigenvalue weighted by molar-refractivity contribution is 0.275. The first kappa shape index (κ1) is 17.4. The third-order valence-corrected chi connectivity index (χ3v) is 3.06. The van der Waals surface area contributed by atoms with Gasteiger partial charge in [0.25, 0.3) is 0 Å². The van der Waals surface area contributed by atoms with Gasteiger partial charge in [-0.05, 0) is 37.0 Å². The fraction of sp³-hybridized carbons (Fsp3) is 0.562. The molecule has 3 N–H and O–H groups in total. The first-order chi connectivity index (χ1) is 10.1. The minimum Gasteiger partial charge on any atom is -0.392 e. The summed E-state index contributed by atoms with van der Waals surface area (Å²) in [4.78, 5) is 4.48. The maximum atomic E-state index is 13.3. The van der Waals surface area contributed by atoms with Crippen LogP contribution in [0.1, 0.15) is 38.3 Å². The molecule has 1 aromatic rings. The monoisotopic (exact) mass is 295 g/mol.